The van der Waals surface area contributed by atoms with Crippen molar-refractivity contribution in [1.29, 1.82) is 0 Å². The van der Waals surface area contributed by atoms with Gasteiger partial charge in [-0.2, -0.15) is 0 Å². The molecule has 0 aromatic heterocycles. The first-order chi connectivity index (χ1) is 8.04. The molecule has 0 fully saturated rings. The Morgan fingerprint density at radius 1 is 1.35 bits per heavy atom. The van der Waals surface area contributed by atoms with Gasteiger partial charge in [0.2, 0.25) is 0 Å². The molecular formula is C13H17BrN2S. The second-order valence-electron chi connectivity index (χ2n) is 4.61. The minimum absolute atomic E-state index is 0.409. The first-order valence-corrected chi connectivity index (χ1v) is 7.57. The summed E-state index contributed by atoms with van der Waals surface area (Å²) in [5.41, 5.74) is 2.34. The Labute approximate surface area is 115 Å². The smallest absolute Gasteiger partial charge is 0.161 e. The number of amidine groups is 1. The number of aryl methyl sites for hydroxylation is 1. The minimum Gasteiger partial charge on any atom is -0.335 e. The van der Waals surface area contributed by atoms with Crippen molar-refractivity contribution in [2.75, 3.05) is 11.1 Å². The molecule has 0 saturated heterocycles. The average Bonchev–Trinajstić information content (AvgIpc) is 2.22. The van der Waals surface area contributed by atoms with Crippen LogP contribution in [-0.4, -0.2) is 17.0 Å². The van der Waals surface area contributed by atoms with Crippen molar-refractivity contribution in [2.24, 2.45) is 10.9 Å². The van der Waals surface area contributed by atoms with Crippen LogP contribution in [0.5, 0.6) is 0 Å². The first kappa shape index (κ1) is 13.0. The number of nitrogens with zero attached hydrogens (tertiary/aromatic N) is 1. The average molecular weight is 313 g/mol. The molecule has 92 valence electrons. The van der Waals surface area contributed by atoms with Gasteiger partial charge in [-0.25, -0.2) is 0 Å². The molecule has 0 aliphatic carbocycles. The molecule has 0 spiro atoms. The van der Waals surface area contributed by atoms with E-state index in [1.54, 1.807) is 11.8 Å². The molecule has 4 heteroatoms. The van der Waals surface area contributed by atoms with E-state index in [1.165, 1.54) is 5.56 Å². The van der Waals surface area contributed by atoms with Gasteiger partial charge in [-0.1, -0.05) is 34.6 Å². The highest BCUT2D eigenvalue weighted by molar-refractivity contribution is 9.10. The summed E-state index contributed by atoms with van der Waals surface area (Å²) in [5.74, 6) is 1.80. The minimum atomic E-state index is 0.409. The van der Waals surface area contributed by atoms with Gasteiger partial charge >= 0.3 is 0 Å². The summed E-state index contributed by atoms with van der Waals surface area (Å²) in [5, 5.41) is 4.43. The fourth-order valence-electron chi connectivity index (χ4n) is 1.70. The van der Waals surface area contributed by atoms with Crippen LogP contribution in [-0.2, 0) is 0 Å². The topological polar surface area (TPSA) is 24.4 Å². The SMILES string of the molecule is Cc1cc(Br)cc(NC2=NC(C)C(C)CS2)c1. The molecule has 2 rings (SSSR count). The van der Waals surface area contributed by atoms with Gasteiger partial charge in [-0.05, 0) is 43.5 Å². The van der Waals surface area contributed by atoms with E-state index in [4.69, 9.17) is 0 Å². The van der Waals surface area contributed by atoms with Crippen LogP contribution in [0.4, 0.5) is 5.69 Å². The number of aliphatic imine (C=N–C) groups is 1. The van der Waals surface area contributed by atoms with Crippen LogP contribution in [0.2, 0.25) is 0 Å². The van der Waals surface area contributed by atoms with Crippen molar-refractivity contribution >= 4 is 38.5 Å². The number of hydrogen-bond donors (Lipinski definition) is 1. The summed E-state index contributed by atoms with van der Waals surface area (Å²) in [4.78, 5) is 4.67. The molecule has 2 atom stereocenters. The summed E-state index contributed by atoms with van der Waals surface area (Å²) in [7, 11) is 0. The molecule has 1 N–H and O–H groups in total. The van der Waals surface area contributed by atoms with Crippen LogP contribution in [0.3, 0.4) is 0 Å². The molecule has 1 aliphatic heterocycles. The van der Waals surface area contributed by atoms with Crippen LogP contribution in [0, 0.1) is 12.8 Å². The summed E-state index contributed by atoms with van der Waals surface area (Å²) in [6.45, 7) is 6.52. The Balaban J connectivity index is 2.13. The highest BCUT2D eigenvalue weighted by atomic mass is 79.9. The molecule has 1 aromatic rings. The molecule has 0 saturated carbocycles. The van der Waals surface area contributed by atoms with Crippen LogP contribution in [0.15, 0.2) is 27.7 Å². The van der Waals surface area contributed by atoms with E-state index in [0.717, 1.165) is 21.1 Å². The highest BCUT2D eigenvalue weighted by Crippen LogP contribution is 2.25. The van der Waals surface area contributed by atoms with E-state index >= 15 is 0 Å². The maximum atomic E-state index is 4.67. The Kier molecular flexibility index (Phi) is 4.15. The first-order valence-electron chi connectivity index (χ1n) is 5.79. The monoisotopic (exact) mass is 312 g/mol. The maximum absolute atomic E-state index is 4.67. The van der Waals surface area contributed by atoms with Gasteiger partial charge in [0.05, 0.1) is 6.04 Å². The van der Waals surface area contributed by atoms with Crippen LogP contribution >= 0.6 is 27.7 Å². The highest BCUT2D eigenvalue weighted by Gasteiger charge is 2.19. The quantitative estimate of drug-likeness (QED) is 0.836. The zero-order valence-electron chi connectivity index (χ0n) is 10.3. The van der Waals surface area contributed by atoms with E-state index in [2.05, 4.69) is 65.2 Å². The van der Waals surface area contributed by atoms with Crippen molar-refractivity contribution in [3.63, 3.8) is 0 Å². The number of thioether (sulfide) groups is 1. The lowest BCUT2D eigenvalue weighted by Crippen LogP contribution is -2.25. The van der Waals surface area contributed by atoms with Gasteiger partial charge in [0.25, 0.3) is 0 Å². The predicted octanol–water partition coefficient (Wildman–Crippen LogP) is 4.30. The Morgan fingerprint density at radius 3 is 2.76 bits per heavy atom. The molecule has 1 aromatic carbocycles. The second kappa shape index (κ2) is 5.44. The van der Waals surface area contributed by atoms with Gasteiger partial charge in [-0.3, -0.25) is 4.99 Å². The van der Waals surface area contributed by atoms with Gasteiger partial charge in [0.15, 0.2) is 5.17 Å². The van der Waals surface area contributed by atoms with Crippen molar-refractivity contribution in [1.82, 2.24) is 0 Å². The van der Waals surface area contributed by atoms with Crippen LogP contribution < -0.4 is 5.32 Å². The second-order valence-corrected chi connectivity index (χ2v) is 6.53. The normalized spacial score (nSPS) is 24.4. The Bertz CT molecular complexity index is 425. The number of nitrogens with one attached hydrogen (secondary N) is 1. The number of anilines is 1. The standard InChI is InChI=1S/C13H17BrN2S/c1-8-4-11(14)6-12(5-8)16-13-15-10(3)9(2)7-17-13/h4-6,9-10H,7H2,1-3H3,(H,15,16). The van der Waals surface area contributed by atoms with Gasteiger partial charge in [-0.15, -0.1) is 0 Å². The third kappa shape index (κ3) is 3.49. The number of rotatable bonds is 1. The Hall–Kier alpha value is -0.480. The molecule has 17 heavy (non-hydrogen) atoms. The lowest BCUT2D eigenvalue weighted by atomic mass is 10.1. The Morgan fingerprint density at radius 2 is 2.12 bits per heavy atom. The maximum Gasteiger partial charge on any atom is 0.161 e. The molecular weight excluding hydrogens is 296 g/mol. The third-order valence-corrected chi connectivity index (χ3v) is 4.55. The molecule has 2 unspecified atom stereocenters. The summed E-state index contributed by atoms with van der Waals surface area (Å²) in [6, 6.07) is 6.73. The molecule has 0 radical (unpaired) electrons. The number of halogens is 1. The van der Waals surface area contributed by atoms with Crippen molar-refractivity contribution < 1.29 is 0 Å². The number of benzene rings is 1. The van der Waals surface area contributed by atoms with Crippen molar-refractivity contribution in [2.45, 2.75) is 26.8 Å². The summed E-state index contributed by atoms with van der Waals surface area (Å²) < 4.78 is 1.10. The van der Waals surface area contributed by atoms with Crippen molar-refractivity contribution in [3.8, 4) is 0 Å². The van der Waals surface area contributed by atoms with E-state index in [-0.39, 0.29) is 0 Å². The summed E-state index contributed by atoms with van der Waals surface area (Å²) in [6.07, 6.45) is 0. The predicted molar refractivity (Wildman–Crippen MR) is 81.0 cm³/mol. The fraction of sp³-hybridized carbons (Fsp3) is 0.462. The molecule has 1 aliphatic rings. The molecule has 0 amide bonds. The van der Waals surface area contributed by atoms with Gasteiger partial charge < -0.3 is 5.32 Å². The summed E-state index contributed by atoms with van der Waals surface area (Å²) >= 11 is 5.32. The van der Waals surface area contributed by atoms with Crippen LogP contribution in [0.25, 0.3) is 0 Å². The van der Waals surface area contributed by atoms with Gasteiger partial charge in [0.1, 0.15) is 0 Å². The lowest BCUT2D eigenvalue weighted by molar-refractivity contribution is 0.537. The third-order valence-electron chi connectivity index (χ3n) is 2.92. The largest absolute Gasteiger partial charge is 0.335 e. The zero-order valence-corrected chi connectivity index (χ0v) is 12.7. The molecule has 0 bridgehead atoms. The zero-order chi connectivity index (χ0) is 12.4. The van der Waals surface area contributed by atoms with E-state index in [0.29, 0.717) is 12.0 Å². The van der Waals surface area contributed by atoms with E-state index in [1.807, 2.05) is 0 Å². The van der Waals surface area contributed by atoms with E-state index < -0.39 is 0 Å². The molecule has 2 nitrogen and oxygen atoms in total. The van der Waals surface area contributed by atoms with Gasteiger partial charge in [0, 0.05) is 15.9 Å². The fourth-order valence-corrected chi connectivity index (χ4v) is 3.44. The number of hydrogen-bond acceptors (Lipinski definition) is 3. The van der Waals surface area contributed by atoms with Crippen LogP contribution in [0.1, 0.15) is 19.4 Å². The molecule has 1 heterocycles. The lowest BCUT2D eigenvalue weighted by Gasteiger charge is -2.23. The van der Waals surface area contributed by atoms with E-state index in [9.17, 15) is 0 Å². The van der Waals surface area contributed by atoms with Crippen molar-refractivity contribution in [3.05, 3.63) is 28.2 Å².